The second kappa shape index (κ2) is 4.18. The van der Waals surface area contributed by atoms with E-state index in [2.05, 4.69) is 0 Å². The van der Waals surface area contributed by atoms with E-state index in [9.17, 15) is 5.11 Å². The number of phenolic OH excluding ortho intramolecular Hbond substituents is 1. The summed E-state index contributed by atoms with van der Waals surface area (Å²) in [5.74, 6) is -0.0501. The number of hydrogen-bond acceptors (Lipinski definition) is 2. The molecule has 0 aliphatic carbocycles. The van der Waals surface area contributed by atoms with Gasteiger partial charge in [0.25, 0.3) is 0 Å². The van der Waals surface area contributed by atoms with Crippen LogP contribution in [0, 0.1) is 0 Å². The molecule has 0 aliphatic rings. The van der Waals surface area contributed by atoms with E-state index in [0.29, 0.717) is 10.0 Å². The van der Waals surface area contributed by atoms with Crippen molar-refractivity contribution in [2.45, 2.75) is 6.54 Å². The molecule has 2 nitrogen and oxygen atoms in total. The monoisotopic (exact) mass is 219 g/mol. The fourth-order valence-corrected chi connectivity index (χ4v) is 1.61. The molecule has 1 aromatic rings. The zero-order valence-electron chi connectivity index (χ0n) is 7.51. The van der Waals surface area contributed by atoms with Gasteiger partial charge in [-0.1, -0.05) is 23.2 Å². The van der Waals surface area contributed by atoms with E-state index in [1.54, 1.807) is 12.1 Å². The molecule has 0 amide bonds. The predicted molar refractivity (Wildman–Crippen MR) is 55.5 cm³/mol. The summed E-state index contributed by atoms with van der Waals surface area (Å²) in [6, 6.07) is 3.42. The molecule has 0 atom stereocenters. The average molecular weight is 220 g/mol. The number of benzene rings is 1. The molecule has 0 bridgehead atoms. The first-order valence-corrected chi connectivity index (χ1v) is 4.58. The second-order valence-electron chi connectivity index (χ2n) is 3.15. The molecule has 0 radical (unpaired) electrons. The SMILES string of the molecule is CN(C)Cc1cc(Cl)c(O)c(Cl)c1. The van der Waals surface area contributed by atoms with Gasteiger partial charge in [-0.2, -0.15) is 0 Å². The number of phenols is 1. The summed E-state index contributed by atoms with van der Waals surface area (Å²) in [6.45, 7) is 0.750. The van der Waals surface area contributed by atoms with Crippen molar-refractivity contribution in [2.75, 3.05) is 14.1 Å². The quantitative estimate of drug-likeness (QED) is 0.828. The summed E-state index contributed by atoms with van der Waals surface area (Å²) in [4.78, 5) is 2.00. The van der Waals surface area contributed by atoms with Crippen molar-refractivity contribution >= 4 is 23.2 Å². The fraction of sp³-hybridized carbons (Fsp3) is 0.333. The molecule has 0 heterocycles. The highest BCUT2D eigenvalue weighted by Gasteiger charge is 2.06. The molecule has 0 fully saturated rings. The molecule has 0 aromatic heterocycles. The minimum absolute atomic E-state index is 0.0501. The highest BCUT2D eigenvalue weighted by atomic mass is 35.5. The first kappa shape index (κ1) is 10.6. The van der Waals surface area contributed by atoms with E-state index in [4.69, 9.17) is 23.2 Å². The summed E-state index contributed by atoms with van der Waals surface area (Å²) in [5.41, 5.74) is 0.984. The van der Waals surface area contributed by atoms with E-state index in [1.165, 1.54) is 0 Å². The highest BCUT2D eigenvalue weighted by Crippen LogP contribution is 2.32. The van der Waals surface area contributed by atoms with Crippen LogP contribution in [0.2, 0.25) is 10.0 Å². The lowest BCUT2D eigenvalue weighted by molar-refractivity contribution is 0.402. The largest absolute Gasteiger partial charge is 0.505 e. The Labute approximate surface area is 87.7 Å². The van der Waals surface area contributed by atoms with Crippen molar-refractivity contribution in [1.29, 1.82) is 0 Å². The van der Waals surface area contributed by atoms with Gasteiger partial charge in [-0.05, 0) is 31.8 Å². The van der Waals surface area contributed by atoms with Crippen LogP contribution in [0.25, 0.3) is 0 Å². The van der Waals surface area contributed by atoms with Gasteiger partial charge >= 0.3 is 0 Å². The maximum atomic E-state index is 9.29. The van der Waals surface area contributed by atoms with Crippen LogP contribution in [0.5, 0.6) is 5.75 Å². The van der Waals surface area contributed by atoms with E-state index in [-0.39, 0.29) is 5.75 Å². The van der Waals surface area contributed by atoms with Crippen LogP contribution in [0.3, 0.4) is 0 Å². The van der Waals surface area contributed by atoms with E-state index in [0.717, 1.165) is 12.1 Å². The van der Waals surface area contributed by atoms with Crippen molar-refractivity contribution in [1.82, 2.24) is 4.90 Å². The summed E-state index contributed by atoms with van der Waals surface area (Å²) >= 11 is 11.5. The molecule has 1 N–H and O–H groups in total. The Hall–Kier alpha value is -0.440. The van der Waals surface area contributed by atoms with Crippen LogP contribution in [-0.4, -0.2) is 24.1 Å². The van der Waals surface area contributed by atoms with Crippen molar-refractivity contribution in [3.05, 3.63) is 27.7 Å². The summed E-state index contributed by atoms with van der Waals surface area (Å²) in [7, 11) is 3.91. The van der Waals surface area contributed by atoms with Crippen molar-refractivity contribution in [3.8, 4) is 5.75 Å². The molecule has 1 aromatic carbocycles. The van der Waals surface area contributed by atoms with E-state index < -0.39 is 0 Å². The minimum atomic E-state index is -0.0501. The molecule has 1 rings (SSSR count). The predicted octanol–water partition coefficient (Wildman–Crippen LogP) is 2.76. The number of halogens is 2. The third-order valence-electron chi connectivity index (χ3n) is 1.58. The van der Waals surface area contributed by atoms with Gasteiger partial charge in [0.1, 0.15) is 0 Å². The standard InChI is InChI=1S/C9H11Cl2NO/c1-12(2)5-6-3-7(10)9(13)8(11)4-6/h3-4,13H,5H2,1-2H3. The Balaban J connectivity index is 2.99. The molecular formula is C9H11Cl2NO. The fourth-order valence-electron chi connectivity index (χ4n) is 1.07. The zero-order valence-corrected chi connectivity index (χ0v) is 9.02. The molecular weight excluding hydrogens is 209 g/mol. The minimum Gasteiger partial charge on any atom is -0.505 e. The van der Waals surface area contributed by atoms with Gasteiger partial charge in [-0.25, -0.2) is 0 Å². The first-order chi connectivity index (χ1) is 6.00. The lowest BCUT2D eigenvalue weighted by Crippen LogP contribution is -2.10. The molecule has 13 heavy (non-hydrogen) atoms. The summed E-state index contributed by atoms with van der Waals surface area (Å²) < 4.78 is 0. The maximum Gasteiger partial charge on any atom is 0.152 e. The van der Waals surface area contributed by atoms with Crippen molar-refractivity contribution in [3.63, 3.8) is 0 Å². The number of hydrogen-bond donors (Lipinski definition) is 1. The molecule has 0 saturated heterocycles. The van der Waals surface area contributed by atoms with Crippen LogP contribution in [0.15, 0.2) is 12.1 Å². The second-order valence-corrected chi connectivity index (χ2v) is 3.96. The topological polar surface area (TPSA) is 23.5 Å². The van der Waals surface area contributed by atoms with E-state index >= 15 is 0 Å². The van der Waals surface area contributed by atoms with Crippen LogP contribution >= 0.6 is 23.2 Å². The van der Waals surface area contributed by atoms with Gasteiger partial charge in [0.15, 0.2) is 5.75 Å². The third kappa shape index (κ3) is 2.76. The Kier molecular flexibility index (Phi) is 3.42. The van der Waals surface area contributed by atoms with Gasteiger partial charge in [-0.15, -0.1) is 0 Å². The van der Waals surface area contributed by atoms with Crippen LogP contribution in [0.1, 0.15) is 5.56 Å². The van der Waals surface area contributed by atoms with Gasteiger partial charge in [0.05, 0.1) is 10.0 Å². The number of aromatic hydroxyl groups is 1. The molecule has 4 heteroatoms. The normalized spacial score (nSPS) is 10.8. The Bertz CT molecular complexity index is 289. The van der Waals surface area contributed by atoms with Crippen LogP contribution in [0.4, 0.5) is 0 Å². The first-order valence-electron chi connectivity index (χ1n) is 3.82. The summed E-state index contributed by atoms with van der Waals surface area (Å²) in [5, 5.41) is 9.88. The summed E-state index contributed by atoms with van der Waals surface area (Å²) in [6.07, 6.45) is 0. The number of nitrogens with zero attached hydrogens (tertiary/aromatic N) is 1. The number of rotatable bonds is 2. The molecule has 0 spiro atoms. The average Bonchev–Trinajstić information content (AvgIpc) is 1.98. The highest BCUT2D eigenvalue weighted by molar-refractivity contribution is 6.37. The van der Waals surface area contributed by atoms with Gasteiger partial charge in [-0.3, -0.25) is 0 Å². The van der Waals surface area contributed by atoms with Gasteiger partial charge in [0, 0.05) is 6.54 Å². The van der Waals surface area contributed by atoms with Crippen molar-refractivity contribution < 1.29 is 5.11 Å². The molecule has 0 saturated carbocycles. The third-order valence-corrected chi connectivity index (χ3v) is 2.15. The Morgan fingerprint density at radius 1 is 1.23 bits per heavy atom. The smallest absolute Gasteiger partial charge is 0.152 e. The van der Waals surface area contributed by atoms with Crippen LogP contribution in [-0.2, 0) is 6.54 Å². The Morgan fingerprint density at radius 2 is 1.69 bits per heavy atom. The molecule has 0 aliphatic heterocycles. The lowest BCUT2D eigenvalue weighted by atomic mass is 10.2. The Morgan fingerprint density at radius 3 is 2.08 bits per heavy atom. The van der Waals surface area contributed by atoms with Gasteiger partial charge in [0.2, 0.25) is 0 Å². The maximum absolute atomic E-state index is 9.29. The van der Waals surface area contributed by atoms with Gasteiger partial charge < -0.3 is 10.0 Å². The molecule has 72 valence electrons. The van der Waals surface area contributed by atoms with Crippen molar-refractivity contribution in [2.24, 2.45) is 0 Å². The lowest BCUT2D eigenvalue weighted by Gasteiger charge is -2.10. The van der Waals surface area contributed by atoms with Crippen LogP contribution < -0.4 is 0 Å². The molecule has 0 unspecified atom stereocenters. The van der Waals surface area contributed by atoms with E-state index in [1.807, 2.05) is 19.0 Å². The zero-order chi connectivity index (χ0) is 10.0.